The van der Waals surface area contributed by atoms with Gasteiger partial charge in [-0.1, -0.05) is 6.07 Å². The molecule has 1 amide bonds. The number of carboxylic acid groups (broad SMARTS) is 1. The Morgan fingerprint density at radius 3 is 2.68 bits per heavy atom. The van der Waals surface area contributed by atoms with E-state index in [1.807, 2.05) is 0 Å². The number of rotatable bonds is 6. The van der Waals surface area contributed by atoms with Crippen LogP contribution in [0.4, 0.5) is 4.39 Å². The van der Waals surface area contributed by atoms with Gasteiger partial charge in [0.1, 0.15) is 11.6 Å². The second kappa shape index (κ2) is 6.72. The summed E-state index contributed by atoms with van der Waals surface area (Å²) in [7, 11) is 1.43. The van der Waals surface area contributed by atoms with Crippen molar-refractivity contribution in [2.24, 2.45) is 0 Å². The number of methoxy groups -OCH3 is 1. The van der Waals surface area contributed by atoms with Gasteiger partial charge in [-0.3, -0.25) is 9.59 Å². The first-order valence-corrected chi connectivity index (χ1v) is 5.76. The van der Waals surface area contributed by atoms with Crippen LogP contribution in [0, 0.1) is 5.82 Å². The Balaban J connectivity index is 2.59. The van der Waals surface area contributed by atoms with E-state index in [1.54, 1.807) is 13.0 Å². The van der Waals surface area contributed by atoms with E-state index < -0.39 is 23.7 Å². The molecule has 2 N–H and O–H groups in total. The first-order valence-electron chi connectivity index (χ1n) is 5.76. The van der Waals surface area contributed by atoms with Crippen molar-refractivity contribution in [2.45, 2.75) is 25.8 Å². The van der Waals surface area contributed by atoms with Crippen molar-refractivity contribution in [3.8, 4) is 5.75 Å². The topological polar surface area (TPSA) is 75.6 Å². The predicted octanol–water partition coefficient (Wildman–Crippen LogP) is 1.36. The SMILES string of the molecule is COc1ccc(CC(=O)NC(C)CC(=O)O)c(F)c1. The summed E-state index contributed by atoms with van der Waals surface area (Å²) >= 11 is 0. The normalized spacial score (nSPS) is 11.7. The van der Waals surface area contributed by atoms with Crippen LogP contribution in [0.1, 0.15) is 18.9 Å². The number of aliphatic carboxylic acids is 1. The van der Waals surface area contributed by atoms with Crippen LogP contribution in [-0.2, 0) is 16.0 Å². The summed E-state index contributed by atoms with van der Waals surface area (Å²) in [6.07, 6.45) is -0.309. The third-order valence-electron chi connectivity index (χ3n) is 2.50. The van der Waals surface area contributed by atoms with Crippen LogP contribution in [0.5, 0.6) is 5.75 Å². The molecule has 1 aromatic rings. The fourth-order valence-corrected chi connectivity index (χ4v) is 1.61. The molecule has 1 rings (SSSR count). The molecule has 0 spiro atoms. The smallest absolute Gasteiger partial charge is 0.305 e. The van der Waals surface area contributed by atoms with E-state index in [1.165, 1.54) is 19.2 Å². The van der Waals surface area contributed by atoms with Gasteiger partial charge >= 0.3 is 5.97 Å². The molecule has 1 atom stereocenters. The number of nitrogens with one attached hydrogen (secondary N) is 1. The number of carbonyl (C=O) groups excluding carboxylic acids is 1. The molecule has 5 nitrogen and oxygen atoms in total. The molecule has 0 fully saturated rings. The third-order valence-corrected chi connectivity index (χ3v) is 2.50. The largest absolute Gasteiger partial charge is 0.497 e. The Morgan fingerprint density at radius 2 is 2.16 bits per heavy atom. The molecular weight excluding hydrogens is 253 g/mol. The van der Waals surface area contributed by atoms with Gasteiger partial charge < -0.3 is 15.2 Å². The molecule has 0 bridgehead atoms. The molecule has 0 saturated carbocycles. The Kier molecular flexibility index (Phi) is 5.29. The highest BCUT2D eigenvalue weighted by molar-refractivity contribution is 5.79. The Morgan fingerprint density at radius 1 is 1.47 bits per heavy atom. The van der Waals surface area contributed by atoms with E-state index in [0.29, 0.717) is 5.75 Å². The Bertz CT molecular complexity index is 476. The average molecular weight is 269 g/mol. The van der Waals surface area contributed by atoms with Gasteiger partial charge in [0, 0.05) is 12.1 Å². The maximum absolute atomic E-state index is 13.6. The molecule has 6 heteroatoms. The van der Waals surface area contributed by atoms with Crippen LogP contribution in [0.2, 0.25) is 0 Å². The fourth-order valence-electron chi connectivity index (χ4n) is 1.61. The second-order valence-corrected chi connectivity index (χ2v) is 4.20. The number of carbonyl (C=O) groups is 2. The van der Waals surface area contributed by atoms with E-state index in [4.69, 9.17) is 9.84 Å². The maximum Gasteiger partial charge on any atom is 0.305 e. The highest BCUT2D eigenvalue weighted by Gasteiger charge is 2.13. The second-order valence-electron chi connectivity index (χ2n) is 4.20. The zero-order chi connectivity index (χ0) is 14.4. The van der Waals surface area contributed by atoms with Crippen molar-refractivity contribution in [3.05, 3.63) is 29.6 Å². The molecule has 104 valence electrons. The fraction of sp³-hybridized carbons (Fsp3) is 0.385. The summed E-state index contributed by atoms with van der Waals surface area (Å²) in [6, 6.07) is 3.73. The van der Waals surface area contributed by atoms with Crippen LogP contribution in [0.25, 0.3) is 0 Å². The number of benzene rings is 1. The van der Waals surface area contributed by atoms with E-state index in [-0.39, 0.29) is 18.4 Å². The van der Waals surface area contributed by atoms with Crippen molar-refractivity contribution < 1.29 is 23.8 Å². The zero-order valence-corrected chi connectivity index (χ0v) is 10.8. The van der Waals surface area contributed by atoms with E-state index in [2.05, 4.69) is 5.32 Å². The van der Waals surface area contributed by atoms with Crippen LogP contribution in [0.15, 0.2) is 18.2 Å². The zero-order valence-electron chi connectivity index (χ0n) is 10.8. The van der Waals surface area contributed by atoms with Crippen molar-refractivity contribution in [3.63, 3.8) is 0 Å². The lowest BCUT2D eigenvalue weighted by atomic mass is 10.1. The number of hydrogen-bond donors (Lipinski definition) is 2. The molecule has 0 aliphatic carbocycles. The van der Waals surface area contributed by atoms with Gasteiger partial charge in [-0.2, -0.15) is 0 Å². The Labute approximate surface area is 110 Å². The van der Waals surface area contributed by atoms with Crippen molar-refractivity contribution in [1.29, 1.82) is 0 Å². The molecular formula is C13H16FNO4. The minimum Gasteiger partial charge on any atom is -0.497 e. The molecule has 0 aliphatic heterocycles. The molecule has 0 heterocycles. The minimum atomic E-state index is -0.997. The standard InChI is InChI=1S/C13H16FNO4/c1-8(5-13(17)18)15-12(16)6-9-3-4-10(19-2)7-11(9)14/h3-4,7-8H,5-6H2,1-2H3,(H,15,16)(H,17,18). The highest BCUT2D eigenvalue weighted by Crippen LogP contribution is 2.16. The molecule has 0 radical (unpaired) electrons. The first kappa shape index (κ1) is 14.9. The molecule has 1 aromatic carbocycles. The molecule has 19 heavy (non-hydrogen) atoms. The Hall–Kier alpha value is -2.11. The maximum atomic E-state index is 13.6. The number of amides is 1. The summed E-state index contributed by atoms with van der Waals surface area (Å²) in [5.74, 6) is -1.57. The summed E-state index contributed by atoms with van der Waals surface area (Å²) in [6.45, 7) is 1.58. The highest BCUT2D eigenvalue weighted by atomic mass is 19.1. The predicted molar refractivity (Wildman–Crippen MR) is 66.5 cm³/mol. The van der Waals surface area contributed by atoms with E-state index in [0.717, 1.165) is 0 Å². The number of ether oxygens (including phenoxy) is 1. The lowest BCUT2D eigenvalue weighted by Crippen LogP contribution is -2.35. The van der Waals surface area contributed by atoms with Gasteiger partial charge in [-0.25, -0.2) is 4.39 Å². The summed E-state index contributed by atoms with van der Waals surface area (Å²) in [5, 5.41) is 11.1. The van der Waals surface area contributed by atoms with Gasteiger partial charge in [-0.05, 0) is 18.6 Å². The summed E-state index contributed by atoms with van der Waals surface area (Å²) < 4.78 is 18.4. The lowest BCUT2D eigenvalue weighted by molar-refractivity contribution is -0.137. The van der Waals surface area contributed by atoms with Crippen LogP contribution < -0.4 is 10.1 Å². The molecule has 0 saturated heterocycles. The van der Waals surface area contributed by atoms with Crippen LogP contribution in [0.3, 0.4) is 0 Å². The third kappa shape index (κ3) is 4.95. The quantitative estimate of drug-likeness (QED) is 0.817. The molecule has 0 aromatic heterocycles. The van der Waals surface area contributed by atoms with Gasteiger partial charge in [0.05, 0.1) is 20.0 Å². The summed E-state index contributed by atoms with van der Waals surface area (Å²) in [5.41, 5.74) is 0.237. The average Bonchev–Trinajstić information content (AvgIpc) is 2.30. The van der Waals surface area contributed by atoms with Gasteiger partial charge in [0.25, 0.3) is 0 Å². The van der Waals surface area contributed by atoms with Gasteiger partial charge in [-0.15, -0.1) is 0 Å². The van der Waals surface area contributed by atoms with Gasteiger partial charge in [0.2, 0.25) is 5.91 Å². The molecule has 1 unspecified atom stereocenters. The van der Waals surface area contributed by atoms with Crippen molar-refractivity contribution in [2.75, 3.05) is 7.11 Å². The lowest BCUT2D eigenvalue weighted by Gasteiger charge is -2.12. The van der Waals surface area contributed by atoms with E-state index >= 15 is 0 Å². The van der Waals surface area contributed by atoms with Gasteiger partial charge in [0.15, 0.2) is 0 Å². The number of carboxylic acids is 1. The van der Waals surface area contributed by atoms with Crippen molar-refractivity contribution in [1.82, 2.24) is 5.32 Å². The minimum absolute atomic E-state index is 0.139. The van der Waals surface area contributed by atoms with Crippen LogP contribution >= 0.6 is 0 Å². The molecule has 0 aliphatic rings. The summed E-state index contributed by atoms with van der Waals surface area (Å²) in [4.78, 5) is 22.1. The van der Waals surface area contributed by atoms with Crippen LogP contribution in [-0.4, -0.2) is 30.1 Å². The number of hydrogen-bond acceptors (Lipinski definition) is 3. The van der Waals surface area contributed by atoms with E-state index in [9.17, 15) is 14.0 Å². The first-order chi connectivity index (χ1) is 8.92. The van der Waals surface area contributed by atoms with Crippen molar-refractivity contribution >= 4 is 11.9 Å². The monoisotopic (exact) mass is 269 g/mol. The number of halogens is 1.